The molecule has 2 heterocycles. The molecule has 278 valence electrons. The Morgan fingerprint density at radius 1 is 0.696 bits per heavy atom. The molecule has 0 aliphatic rings. The monoisotopic (exact) mass is 736 g/mol. The number of aromatic hydroxyl groups is 1. The molecule has 8 rings (SSSR count). The molecule has 6 aromatic carbocycles. The lowest BCUT2D eigenvalue weighted by atomic mass is 9.83. The van der Waals surface area contributed by atoms with Crippen molar-refractivity contribution in [2.75, 3.05) is 0 Å². The van der Waals surface area contributed by atoms with E-state index >= 15 is 0 Å². The minimum atomic E-state index is -0.428. The molecule has 0 aliphatic carbocycles. The second-order valence-electron chi connectivity index (χ2n) is 16.2. The Balaban J connectivity index is 1.40. The van der Waals surface area contributed by atoms with E-state index in [2.05, 4.69) is 118 Å². The zero-order chi connectivity index (χ0) is 43.5. The fourth-order valence-electron chi connectivity index (χ4n) is 7.61. The molecule has 0 spiro atoms. The van der Waals surface area contributed by atoms with E-state index in [1.165, 1.54) is 5.56 Å². The van der Waals surface area contributed by atoms with Gasteiger partial charge in [-0.25, -0.2) is 4.98 Å². The summed E-state index contributed by atoms with van der Waals surface area (Å²) in [5.41, 5.74) is 13.0. The molecule has 0 bridgehead atoms. The van der Waals surface area contributed by atoms with Gasteiger partial charge in [0, 0.05) is 22.9 Å². The number of pyridine rings is 1. The standard InChI is InChI=1S/C52H49N3O/c1-33(2)25-36-21-22-47(44(28-36)38-17-12-9-13-18-38)55-48-20-14-19-43(49(48)54-51(55)45-27-34(3)26-35(4)50(45)56)40-29-41(31-42(30-40)52(5,6)7)46-32-39(23-24-53-46)37-15-10-8-11-16-37/h8-24,26-33,56H,25H2,1-7H3/i8D,10D,11D,15D,16D. The first-order valence-electron chi connectivity index (χ1n) is 21.7. The first kappa shape index (κ1) is 31.0. The molecule has 2 aromatic heterocycles. The van der Waals surface area contributed by atoms with Crippen molar-refractivity contribution >= 4 is 11.0 Å². The van der Waals surface area contributed by atoms with Crippen LogP contribution >= 0.6 is 0 Å². The van der Waals surface area contributed by atoms with Gasteiger partial charge in [-0.15, -0.1) is 0 Å². The van der Waals surface area contributed by atoms with Gasteiger partial charge in [0.2, 0.25) is 0 Å². The first-order valence-corrected chi connectivity index (χ1v) is 19.2. The highest BCUT2D eigenvalue weighted by atomic mass is 16.3. The van der Waals surface area contributed by atoms with Gasteiger partial charge in [0.15, 0.2) is 0 Å². The van der Waals surface area contributed by atoms with Gasteiger partial charge in [0.1, 0.15) is 11.6 Å². The Hall–Kier alpha value is -6.26. The number of fused-ring (bicyclic) bond motifs is 1. The SMILES string of the molecule is [2H]c1c([2H])c([2H])c(-c2ccnc(-c3cc(-c4cccc5c4nc(-c4cc(C)cc(C)c4O)n5-c4ccc(CC(C)C)cc4-c4ccccc4)cc(C(C)(C)C)c3)c2)c([2H])c1[2H]. The van der Waals surface area contributed by atoms with E-state index < -0.39 is 6.04 Å². The van der Waals surface area contributed by atoms with Crippen LogP contribution in [0.15, 0.2) is 146 Å². The molecule has 0 radical (unpaired) electrons. The highest BCUT2D eigenvalue weighted by Gasteiger charge is 2.24. The second kappa shape index (κ2) is 14.8. The number of nitrogens with zero attached hydrogens (tertiary/aromatic N) is 3. The van der Waals surface area contributed by atoms with Crippen molar-refractivity contribution in [3.05, 3.63) is 168 Å². The third-order valence-electron chi connectivity index (χ3n) is 10.4. The largest absolute Gasteiger partial charge is 0.507 e. The van der Waals surface area contributed by atoms with Crippen molar-refractivity contribution in [2.45, 2.75) is 60.3 Å². The lowest BCUT2D eigenvalue weighted by molar-refractivity contribution is 0.472. The van der Waals surface area contributed by atoms with Crippen LogP contribution in [-0.4, -0.2) is 19.6 Å². The number of hydrogen-bond acceptors (Lipinski definition) is 3. The van der Waals surface area contributed by atoms with Gasteiger partial charge in [-0.1, -0.05) is 125 Å². The number of phenolic OH excluding ortho intramolecular Hbond substituents is 1. The summed E-state index contributed by atoms with van der Waals surface area (Å²) in [6.45, 7) is 14.9. The number of hydrogen-bond donors (Lipinski definition) is 1. The van der Waals surface area contributed by atoms with Gasteiger partial charge in [-0.2, -0.15) is 0 Å². The van der Waals surface area contributed by atoms with Crippen LogP contribution in [0, 0.1) is 19.8 Å². The molecule has 0 saturated heterocycles. The Morgan fingerprint density at radius 2 is 1.46 bits per heavy atom. The van der Waals surface area contributed by atoms with E-state index in [4.69, 9.17) is 16.8 Å². The molecular weight excluding hydrogens is 683 g/mol. The van der Waals surface area contributed by atoms with Crippen LogP contribution in [-0.2, 0) is 11.8 Å². The number of para-hydroxylation sites is 1. The van der Waals surface area contributed by atoms with Crippen molar-refractivity contribution in [1.29, 1.82) is 0 Å². The van der Waals surface area contributed by atoms with Gasteiger partial charge in [0.25, 0.3) is 0 Å². The van der Waals surface area contributed by atoms with Gasteiger partial charge < -0.3 is 5.11 Å². The number of benzene rings is 6. The van der Waals surface area contributed by atoms with Crippen LogP contribution in [0.4, 0.5) is 0 Å². The number of phenols is 1. The zero-order valence-electron chi connectivity index (χ0n) is 38.0. The fourth-order valence-corrected chi connectivity index (χ4v) is 7.61. The summed E-state index contributed by atoms with van der Waals surface area (Å²) in [7, 11) is 0. The van der Waals surface area contributed by atoms with E-state index in [1.54, 1.807) is 18.3 Å². The molecule has 0 unspecified atom stereocenters. The summed E-state index contributed by atoms with van der Waals surface area (Å²) >= 11 is 0. The van der Waals surface area contributed by atoms with Crippen LogP contribution < -0.4 is 0 Å². The first-order chi connectivity index (χ1) is 29.0. The van der Waals surface area contributed by atoms with Crippen molar-refractivity contribution in [3.63, 3.8) is 0 Å². The van der Waals surface area contributed by atoms with Gasteiger partial charge >= 0.3 is 0 Å². The molecule has 56 heavy (non-hydrogen) atoms. The predicted octanol–water partition coefficient (Wildman–Crippen LogP) is 13.6. The Kier molecular flexibility index (Phi) is 8.17. The second-order valence-corrected chi connectivity index (χ2v) is 16.2. The van der Waals surface area contributed by atoms with Crippen molar-refractivity contribution < 1.29 is 12.0 Å². The van der Waals surface area contributed by atoms with E-state index in [1.807, 2.05) is 32.0 Å². The normalized spacial score (nSPS) is 13.0. The van der Waals surface area contributed by atoms with Crippen LogP contribution in [0.1, 0.15) is 63.7 Å². The fraction of sp³-hybridized carbons (Fsp3) is 0.192. The third-order valence-corrected chi connectivity index (χ3v) is 10.4. The molecule has 8 aromatic rings. The van der Waals surface area contributed by atoms with Gasteiger partial charge in [0.05, 0.1) is 34.8 Å². The van der Waals surface area contributed by atoms with Crippen molar-refractivity contribution in [3.8, 4) is 67.5 Å². The highest BCUT2D eigenvalue weighted by Crippen LogP contribution is 2.43. The molecule has 4 heteroatoms. The van der Waals surface area contributed by atoms with Crippen LogP contribution in [0.3, 0.4) is 0 Å². The van der Waals surface area contributed by atoms with Crippen LogP contribution in [0.5, 0.6) is 5.75 Å². The summed E-state index contributed by atoms with van der Waals surface area (Å²) in [4.78, 5) is 10.2. The van der Waals surface area contributed by atoms with Crippen LogP contribution in [0.25, 0.3) is 72.7 Å². The van der Waals surface area contributed by atoms with E-state index in [-0.39, 0.29) is 40.9 Å². The molecule has 0 fully saturated rings. The number of imidazole rings is 1. The van der Waals surface area contributed by atoms with E-state index in [9.17, 15) is 5.11 Å². The van der Waals surface area contributed by atoms with Crippen LogP contribution in [0.2, 0.25) is 0 Å². The average Bonchev–Trinajstić information content (AvgIpc) is 3.63. The number of aryl methyl sites for hydroxylation is 2. The van der Waals surface area contributed by atoms with E-state index in [0.717, 1.165) is 67.6 Å². The summed E-state index contributed by atoms with van der Waals surface area (Å²) in [5.74, 6) is 1.29. The maximum atomic E-state index is 11.7. The maximum absolute atomic E-state index is 11.7. The quantitative estimate of drug-likeness (QED) is 0.169. The Morgan fingerprint density at radius 3 is 2.21 bits per heavy atom. The van der Waals surface area contributed by atoms with E-state index in [0.29, 0.717) is 28.6 Å². The molecule has 1 N–H and O–H groups in total. The topological polar surface area (TPSA) is 50.9 Å². The smallest absolute Gasteiger partial charge is 0.149 e. The highest BCUT2D eigenvalue weighted by molar-refractivity contribution is 5.98. The Labute approximate surface area is 338 Å². The summed E-state index contributed by atoms with van der Waals surface area (Å²) < 4.78 is 44.2. The molecule has 0 aliphatic heterocycles. The number of aromatic nitrogens is 3. The molecular formula is C52H49N3O. The van der Waals surface area contributed by atoms with Gasteiger partial charge in [-0.05, 0) is 125 Å². The van der Waals surface area contributed by atoms with Crippen molar-refractivity contribution in [2.24, 2.45) is 5.92 Å². The molecule has 0 saturated carbocycles. The summed E-state index contributed by atoms with van der Waals surface area (Å²) in [6, 6.07) is 35.5. The minimum absolute atomic E-state index is 0.131. The lowest BCUT2D eigenvalue weighted by Gasteiger charge is -2.22. The molecule has 0 amide bonds. The predicted molar refractivity (Wildman–Crippen MR) is 234 cm³/mol. The number of rotatable bonds is 8. The zero-order valence-corrected chi connectivity index (χ0v) is 33.0. The molecule has 0 atom stereocenters. The van der Waals surface area contributed by atoms with Crippen molar-refractivity contribution in [1.82, 2.24) is 14.5 Å². The summed E-state index contributed by atoms with van der Waals surface area (Å²) in [5, 5.41) is 11.7. The lowest BCUT2D eigenvalue weighted by Crippen LogP contribution is -2.11. The summed E-state index contributed by atoms with van der Waals surface area (Å²) in [6.07, 6.45) is 2.56. The Bertz CT molecular complexity index is 2970. The minimum Gasteiger partial charge on any atom is -0.507 e. The average molecular weight is 737 g/mol. The molecule has 4 nitrogen and oxygen atoms in total. The van der Waals surface area contributed by atoms with Gasteiger partial charge in [-0.3, -0.25) is 9.55 Å². The third kappa shape index (κ3) is 7.15. The maximum Gasteiger partial charge on any atom is 0.149 e.